The normalized spacial score (nSPS) is 18.1. The Kier molecular flexibility index (Phi) is 5.88. The third kappa shape index (κ3) is 4.86. The molecule has 0 bridgehead atoms. The number of rotatable bonds is 6. The standard InChI is InChI=1S/C26H34N2O2/c1-25(2,3)18-22(29)11-14-28-15-12-26(13-16-28)19-30-24-10-9-21(17-23(24)26)27-20-7-5-4-6-8-20/h4-10,17,27H,11-16,18-19H2,1-3H3. The van der Waals surface area contributed by atoms with Gasteiger partial charge in [-0.05, 0) is 61.7 Å². The van der Waals surface area contributed by atoms with Gasteiger partial charge in [0.2, 0.25) is 0 Å². The summed E-state index contributed by atoms with van der Waals surface area (Å²) in [6, 6.07) is 16.8. The van der Waals surface area contributed by atoms with E-state index in [0.717, 1.165) is 56.2 Å². The Bertz CT molecular complexity index is 878. The van der Waals surface area contributed by atoms with E-state index < -0.39 is 0 Å². The van der Waals surface area contributed by atoms with E-state index in [9.17, 15) is 4.79 Å². The van der Waals surface area contributed by atoms with Gasteiger partial charge in [0.25, 0.3) is 0 Å². The van der Waals surface area contributed by atoms with Gasteiger partial charge in [0.15, 0.2) is 0 Å². The van der Waals surface area contributed by atoms with Crippen molar-refractivity contribution in [1.29, 1.82) is 0 Å². The predicted octanol–water partition coefficient (Wildman–Crippen LogP) is 5.55. The molecule has 0 aliphatic carbocycles. The molecular weight excluding hydrogens is 372 g/mol. The van der Waals surface area contributed by atoms with Crippen LogP contribution in [-0.4, -0.2) is 36.9 Å². The molecule has 0 radical (unpaired) electrons. The molecule has 0 atom stereocenters. The predicted molar refractivity (Wildman–Crippen MR) is 123 cm³/mol. The summed E-state index contributed by atoms with van der Waals surface area (Å²) in [4.78, 5) is 14.7. The van der Waals surface area contributed by atoms with Crippen LogP contribution >= 0.6 is 0 Å². The fourth-order valence-electron chi connectivity index (χ4n) is 4.71. The molecule has 2 heterocycles. The van der Waals surface area contributed by atoms with Crippen molar-refractivity contribution in [1.82, 2.24) is 4.90 Å². The molecule has 0 aromatic heterocycles. The van der Waals surface area contributed by atoms with Crippen LogP contribution in [0.2, 0.25) is 0 Å². The average molecular weight is 407 g/mol. The number of nitrogens with one attached hydrogen (secondary N) is 1. The fourth-order valence-corrected chi connectivity index (χ4v) is 4.71. The lowest BCUT2D eigenvalue weighted by molar-refractivity contribution is -0.121. The number of para-hydroxylation sites is 1. The van der Waals surface area contributed by atoms with Gasteiger partial charge in [-0.15, -0.1) is 0 Å². The number of likely N-dealkylation sites (tertiary alicyclic amines) is 1. The van der Waals surface area contributed by atoms with Gasteiger partial charge in [-0.2, -0.15) is 0 Å². The number of carbonyl (C=O) groups excluding carboxylic acids is 1. The molecule has 0 amide bonds. The number of anilines is 2. The van der Waals surface area contributed by atoms with Gasteiger partial charge in [0, 0.05) is 41.7 Å². The van der Waals surface area contributed by atoms with Crippen LogP contribution in [0.5, 0.6) is 5.75 Å². The highest BCUT2D eigenvalue weighted by Gasteiger charge is 2.43. The van der Waals surface area contributed by atoms with E-state index in [-0.39, 0.29) is 10.8 Å². The molecule has 0 unspecified atom stereocenters. The Morgan fingerprint density at radius 1 is 1.07 bits per heavy atom. The van der Waals surface area contributed by atoms with Crippen LogP contribution in [0.25, 0.3) is 0 Å². The van der Waals surface area contributed by atoms with Crippen molar-refractivity contribution in [3.63, 3.8) is 0 Å². The molecule has 4 heteroatoms. The van der Waals surface area contributed by atoms with Gasteiger partial charge >= 0.3 is 0 Å². The second-order valence-electron chi connectivity index (χ2n) is 10.1. The highest BCUT2D eigenvalue weighted by Crippen LogP contribution is 2.46. The van der Waals surface area contributed by atoms with E-state index in [2.05, 4.69) is 61.3 Å². The molecule has 2 aliphatic rings. The van der Waals surface area contributed by atoms with E-state index in [0.29, 0.717) is 18.6 Å². The van der Waals surface area contributed by atoms with E-state index in [1.54, 1.807) is 0 Å². The fraction of sp³-hybridized carbons (Fsp3) is 0.500. The van der Waals surface area contributed by atoms with Gasteiger partial charge < -0.3 is 15.0 Å². The number of Topliss-reactive ketones (excluding diaryl/α,β-unsaturated/α-hetero) is 1. The Balaban J connectivity index is 1.37. The third-order valence-corrected chi connectivity index (χ3v) is 6.36. The molecule has 2 aliphatic heterocycles. The maximum absolute atomic E-state index is 12.2. The molecule has 0 saturated carbocycles. The van der Waals surface area contributed by atoms with Crippen LogP contribution < -0.4 is 10.1 Å². The maximum atomic E-state index is 12.2. The molecule has 1 N–H and O–H groups in total. The Morgan fingerprint density at radius 2 is 1.80 bits per heavy atom. The molecular formula is C26H34N2O2. The lowest BCUT2D eigenvalue weighted by Crippen LogP contribution is -2.44. The Morgan fingerprint density at radius 3 is 2.50 bits per heavy atom. The zero-order valence-corrected chi connectivity index (χ0v) is 18.5. The third-order valence-electron chi connectivity index (χ3n) is 6.36. The van der Waals surface area contributed by atoms with Gasteiger partial charge in [0.1, 0.15) is 11.5 Å². The highest BCUT2D eigenvalue weighted by atomic mass is 16.5. The zero-order chi connectivity index (χ0) is 21.2. The summed E-state index contributed by atoms with van der Waals surface area (Å²) >= 11 is 0. The molecule has 1 fully saturated rings. The van der Waals surface area contributed by atoms with Crippen LogP contribution in [-0.2, 0) is 10.2 Å². The number of hydrogen-bond acceptors (Lipinski definition) is 4. The minimum atomic E-state index is 0.0828. The van der Waals surface area contributed by atoms with Crippen LogP contribution in [0.3, 0.4) is 0 Å². The Labute approximate surface area is 180 Å². The van der Waals surface area contributed by atoms with Crippen molar-refractivity contribution in [3.05, 3.63) is 54.1 Å². The van der Waals surface area contributed by atoms with Crippen molar-refractivity contribution in [2.75, 3.05) is 31.6 Å². The first-order valence-electron chi connectivity index (χ1n) is 11.2. The number of benzene rings is 2. The molecule has 4 nitrogen and oxygen atoms in total. The lowest BCUT2D eigenvalue weighted by atomic mass is 9.74. The monoisotopic (exact) mass is 406 g/mol. The van der Waals surface area contributed by atoms with Crippen molar-refractivity contribution >= 4 is 17.2 Å². The molecule has 160 valence electrons. The molecule has 1 spiro atoms. The van der Waals surface area contributed by atoms with Crippen LogP contribution in [0.1, 0.15) is 52.0 Å². The van der Waals surface area contributed by atoms with E-state index in [4.69, 9.17) is 4.74 Å². The van der Waals surface area contributed by atoms with Crippen LogP contribution in [0.15, 0.2) is 48.5 Å². The first kappa shape index (κ1) is 20.9. The second kappa shape index (κ2) is 8.43. The molecule has 2 aromatic rings. The van der Waals surface area contributed by atoms with E-state index in [1.807, 2.05) is 18.2 Å². The summed E-state index contributed by atoms with van der Waals surface area (Å²) in [5, 5.41) is 3.51. The van der Waals surface area contributed by atoms with Gasteiger partial charge in [0.05, 0.1) is 6.61 Å². The molecule has 30 heavy (non-hydrogen) atoms. The number of carbonyl (C=O) groups is 1. The number of ketones is 1. The summed E-state index contributed by atoms with van der Waals surface area (Å²) < 4.78 is 6.08. The average Bonchev–Trinajstić information content (AvgIpc) is 3.05. The van der Waals surface area contributed by atoms with Crippen molar-refractivity contribution in [2.24, 2.45) is 5.41 Å². The topological polar surface area (TPSA) is 41.6 Å². The van der Waals surface area contributed by atoms with Gasteiger partial charge in [-0.25, -0.2) is 0 Å². The first-order chi connectivity index (χ1) is 14.3. The highest BCUT2D eigenvalue weighted by molar-refractivity contribution is 5.79. The van der Waals surface area contributed by atoms with Crippen LogP contribution in [0, 0.1) is 5.41 Å². The van der Waals surface area contributed by atoms with Gasteiger partial charge in [-0.1, -0.05) is 39.0 Å². The second-order valence-corrected chi connectivity index (χ2v) is 10.1. The molecule has 4 rings (SSSR count). The minimum absolute atomic E-state index is 0.0828. The smallest absolute Gasteiger partial charge is 0.134 e. The van der Waals surface area contributed by atoms with Crippen molar-refractivity contribution in [2.45, 2.75) is 51.9 Å². The minimum Gasteiger partial charge on any atom is -0.492 e. The Hall–Kier alpha value is -2.33. The zero-order valence-electron chi connectivity index (χ0n) is 18.5. The molecule has 1 saturated heterocycles. The van der Waals surface area contributed by atoms with Crippen molar-refractivity contribution in [3.8, 4) is 5.75 Å². The number of nitrogens with zero attached hydrogens (tertiary/aromatic N) is 1. The quantitative estimate of drug-likeness (QED) is 0.683. The maximum Gasteiger partial charge on any atom is 0.134 e. The number of hydrogen-bond donors (Lipinski definition) is 1. The van der Waals surface area contributed by atoms with Gasteiger partial charge in [-0.3, -0.25) is 4.79 Å². The van der Waals surface area contributed by atoms with E-state index >= 15 is 0 Å². The summed E-state index contributed by atoms with van der Waals surface area (Å²) in [5.74, 6) is 1.41. The first-order valence-corrected chi connectivity index (χ1v) is 11.2. The van der Waals surface area contributed by atoms with E-state index in [1.165, 1.54) is 5.56 Å². The summed E-state index contributed by atoms with van der Waals surface area (Å²) in [7, 11) is 0. The number of piperidine rings is 1. The SMILES string of the molecule is CC(C)(C)CC(=O)CCN1CCC2(CC1)COc1ccc(Nc3ccccc3)cc12. The largest absolute Gasteiger partial charge is 0.492 e. The van der Waals surface area contributed by atoms with Crippen LogP contribution in [0.4, 0.5) is 11.4 Å². The number of fused-ring (bicyclic) bond motifs is 2. The van der Waals surface area contributed by atoms with Crippen molar-refractivity contribution < 1.29 is 9.53 Å². The summed E-state index contributed by atoms with van der Waals surface area (Å²) in [6.07, 6.45) is 3.51. The summed E-state index contributed by atoms with van der Waals surface area (Å²) in [5.41, 5.74) is 3.74. The lowest BCUT2D eigenvalue weighted by Gasteiger charge is -2.38. The number of ether oxygens (including phenoxy) is 1. The summed E-state index contributed by atoms with van der Waals surface area (Å²) in [6.45, 7) is 10.1. The molecule has 2 aromatic carbocycles.